The van der Waals surface area contributed by atoms with Crippen molar-refractivity contribution in [3.8, 4) is 0 Å². The van der Waals surface area contributed by atoms with E-state index in [4.69, 9.17) is 27.9 Å². The van der Waals surface area contributed by atoms with E-state index in [0.717, 1.165) is 25.7 Å². The lowest BCUT2D eigenvalue weighted by atomic mass is 10.2. The van der Waals surface area contributed by atoms with E-state index in [1.807, 2.05) is 0 Å². The SMILES string of the molecule is O=C(CCCl)OCCCCCCCl. The smallest absolute Gasteiger partial charge is 0.306 e. The maximum absolute atomic E-state index is 10.8. The molecule has 0 spiro atoms. The van der Waals surface area contributed by atoms with Crippen molar-refractivity contribution >= 4 is 29.2 Å². The third-order valence-electron chi connectivity index (χ3n) is 1.59. The van der Waals surface area contributed by atoms with Crippen LogP contribution in [0.2, 0.25) is 0 Å². The fourth-order valence-electron chi connectivity index (χ4n) is 0.885. The zero-order valence-corrected chi connectivity index (χ0v) is 9.24. The molecule has 0 bridgehead atoms. The van der Waals surface area contributed by atoms with E-state index in [9.17, 15) is 4.79 Å². The maximum Gasteiger partial charge on any atom is 0.306 e. The predicted octanol–water partition coefficient (Wildman–Crippen LogP) is 2.96. The van der Waals surface area contributed by atoms with Gasteiger partial charge in [-0.1, -0.05) is 12.8 Å². The quantitative estimate of drug-likeness (QED) is 0.362. The molecular weight excluding hydrogens is 211 g/mol. The fourth-order valence-corrected chi connectivity index (χ4v) is 1.23. The van der Waals surface area contributed by atoms with Crippen LogP contribution >= 0.6 is 23.2 Å². The van der Waals surface area contributed by atoms with Crippen LogP contribution in [0, 0.1) is 0 Å². The van der Waals surface area contributed by atoms with Crippen molar-refractivity contribution in [2.45, 2.75) is 32.1 Å². The summed E-state index contributed by atoms with van der Waals surface area (Å²) in [7, 11) is 0. The normalized spacial score (nSPS) is 10.0. The van der Waals surface area contributed by atoms with Gasteiger partial charge < -0.3 is 4.74 Å². The number of esters is 1. The van der Waals surface area contributed by atoms with E-state index in [1.165, 1.54) is 0 Å². The molecule has 0 fully saturated rings. The standard InChI is InChI=1S/C9H16Cl2O2/c10-6-3-1-2-4-8-13-9(12)5-7-11/h1-8H2. The number of ether oxygens (including phenoxy) is 1. The molecule has 0 aromatic carbocycles. The van der Waals surface area contributed by atoms with Gasteiger partial charge in [-0.15, -0.1) is 23.2 Å². The first-order valence-corrected chi connectivity index (χ1v) is 5.65. The van der Waals surface area contributed by atoms with Crippen molar-refractivity contribution < 1.29 is 9.53 Å². The molecule has 0 unspecified atom stereocenters. The Hall–Kier alpha value is 0.0500. The molecule has 0 aromatic heterocycles. The van der Waals surface area contributed by atoms with Crippen LogP contribution in [-0.4, -0.2) is 24.3 Å². The van der Waals surface area contributed by atoms with E-state index in [1.54, 1.807) is 0 Å². The first-order chi connectivity index (χ1) is 6.31. The summed E-state index contributed by atoms with van der Waals surface area (Å²) in [4.78, 5) is 10.8. The molecular formula is C9H16Cl2O2. The van der Waals surface area contributed by atoms with E-state index in [-0.39, 0.29) is 5.97 Å². The lowest BCUT2D eigenvalue weighted by Crippen LogP contribution is -2.06. The number of rotatable bonds is 8. The van der Waals surface area contributed by atoms with Crippen LogP contribution in [0.3, 0.4) is 0 Å². The molecule has 0 rings (SSSR count). The van der Waals surface area contributed by atoms with Gasteiger partial charge in [-0.25, -0.2) is 0 Å². The summed E-state index contributed by atoms with van der Waals surface area (Å²) in [6.45, 7) is 0.512. The number of unbranched alkanes of at least 4 members (excludes halogenated alkanes) is 3. The van der Waals surface area contributed by atoms with Gasteiger partial charge in [-0.3, -0.25) is 4.79 Å². The highest BCUT2D eigenvalue weighted by Gasteiger charge is 1.99. The van der Waals surface area contributed by atoms with E-state index < -0.39 is 0 Å². The molecule has 0 aromatic rings. The largest absolute Gasteiger partial charge is 0.466 e. The Bertz CT molecular complexity index is 129. The van der Waals surface area contributed by atoms with Crippen LogP contribution < -0.4 is 0 Å². The fraction of sp³-hybridized carbons (Fsp3) is 0.889. The maximum atomic E-state index is 10.8. The third kappa shape index (κ3) is 9.97. The summed E-state index contributed by atoms with van der Waals surface area (Å²) in [6.07, 6.45) is 4.45. The molecule has 0 amide bonds. The van der Waals surface area contributed by atoms with Gasteiger partial charge in [0.1, 0.15) is 0 Å². The van der Waals surface area contributed by atoms with Gasteiger partial charge in [0.2, 0.25) is 0 Å². The van der Waals surface area contributed by atoms with Gasteiger partial charge in [0, 0.05) is 11.8 Å². The van der Waals surface area contributed by atoms with Crippen LogP contribution in [0.15, 0.2) is 0 Å². The lowest BCUT2D eigenvalue weighted by Gasteiger charge is -2.02. The Morgan fingerprint density at radius 1 is 1.00 bits per heavy atom. The number of alkyl halides is 2. The summed E-state index contributed by atoms with van der Waals surface area (Å²) < 4.78 is 4.91. The molecule has 0 radical (unpaired) electrons. The van der Waals surface area contributed by atoms with Gasteiger partial charge in [-0.2, -0.15) is 0 Å². The molecule has 0 aliphatic heterocycles. The summed E-state index contributed by atoms with van der Waals surface area (Å²) in [5.41, 5.74) is 0. The predicted molar refractivity (Wildman–Crippen MR) is 55.5 cm³/mol. The molecule has 0 aliphatic carbocycles. The van der Waals surface area contributed by atoms with Gasteiger partial charge in [-0.05, 0) is 12.8 Å². The van der Waals surface area contributed by atoms with E-state index in [2.05, 4.69) is 0 Å². The average Bonchev–Trinajstić information content (AvgIpc) is 2.11. The molecule has 78 valence electrons. The van der Waals surface area contributed by atoms with Gasteiger partial charge in [0.15, 0.2) is 0 Å². The minimum Gasteiger partial charge on any atom is -0.466 e. The number of carbonyl (C=O) groups is 1. The topological polar surface area (TPSA) is 26.3 Å². The summed E-state index contributed by atoms with van der Waals surface area (Å²) in [5, 5.41) is 0. The Kier molecular flexibility index (Phi) is 10.2. The second kappa shape index (κ2) is 10.1. The van der Waals surface area contributed by atoms with Gasteiger partial charge in [0.25, 0.3) is 0 Å². The van der Waals surface area contributed by atoms with Crippen molar-refractivity contribution in [1.29, 1.82) is 0 Å². The molecule has 4 heteroatoms. The third-order valence-corrected chi connectivity index (χ3v) is 2.05. The molecule has 13 heavy (non-hydrogen) atoms. The van der Waals surface area contributed by atoms with Crippen molar-refractivity contribution in [3.63, 3.8) is 0 Å². The highest BCUT2D eigenvalue weighted by atomic mass is 35.5. The Balaban J connectivity index is 3.02. The van der Waals surface area contributed by atoms with Crippen LogP contribution in [0.25, 0.3) is 0 Å². The molecule has 0 N–H and O–H groups in total. The summed E-state index contributed by atoms with van der Waals surface area (Å²) >= 11 is 10.9. The highest BCUT2D eigenvalue weighted by molar-refractivity contribution is 6.18. The first-order valence-electron chi connectivity index (χ1n) is 4.58. The van der Waals surface area contributed by atoms with Crippen molar-refractivity contribution in [2.75, 3.05) is 18.4 Å². The minimum atomic E-state index is -0.202. The van der Waals surface area contributed by atoms with Crippen molar-refractivity contribution in [3.05, 3.63) is 0 Å². The lowest BCUT2D eigenvalue weighted by molar-refractivity contribution is -0.143. The minimum absolute atomic E-state index is 0.202. The number of carbonyl (C=O) groups excluding carboxylic acids is 1. The first kappa shape index (κ1) is 13.1. The number of halogens is 2. The van der Waals surface area contributed by atoms with Crippen LogP contribution in [0.5, 0.6) is 0 Å². The Morgan fingerprint density at radius 3 is 2.31 bits per heavy atom. The van der Waals surface area contributed by atoms with E-state index >= 15 is 0 Å². The summed E-state index contributed by atoms with van der Waals surface area (Å²) in [5.74, 6) is 0.851. The molecule has 0 heterocycles. The Morgan fingerprint density at radius 2 is 1.69 bits per heavy atom. The van der Waals surface area contributed by atoms with Crippen molar-refractivity contribution in [1.82, 2.24) is 0 Å². The van der Waals surface area contributed by atoms with Crippen LogP contribution in [0.4, 0.5) is 0 Å². The second-order valence-corrected chi connectivity index (χ2v) is 3.52. The van der Waals surface area contributed by atoms with Gasteiger partial charge in [0.05, 0.1) is 13.0 Å². The Labute approximate surface area is 89.5 Å². The van der Waals surface area contributed by atoms with Crippen LogP contribution in [0.1, 0.15) is 32.1 Å². The monoisotopic (exact) mass is 226 g/mol. The zero-order valence-electron chi connectivity index (χ0n) is 7.73. The molecule has 0 saturated heterocycles. The second-order valence-electron chi connectivity index (χ2n) is 2.76. The molecule has 0 aliphatic rings. The summed E-state index contributed by atoms with van der Waals surface area (Å²) in [6, 6.07) is 0. The zero-order chi connectivity index (χ0) is 9.94. The highest BCUT2D eigenvalue weighted by Crippen LogP contribution is 2.01. The molecule has 0 saturated carbocycles. The van der Waals surface area contributed by atoms with Crippen molar-refractivity contribution in [2.24, 2.45) is 0 Å². The van der Waals surface area contributed by atoms with Gasteiger partial charge >= 0.3 is 5.97 Å². The molecule has 2 nitrogen and oxygen atoms in total. The molecule has 0 atom stereocenters. The van der Waals surface area contributed by atoms with Crippen LogP contribution in [-0.2, 0) is 9.53 Å². The number of hydrogen-bond donors (Lipinski definition) is 0. The van der Waals surface area contributed by atoms with E-state index in [0.29, 0.717) is 24.8 Å². The number of hydrogen-bond acceptors (Lipinski definition) is 2. The average molecular weight is 227 g/mol.